The minimum Gasteiger partial charge on any atom is -0.192 e. The van der Waals surface area contributed by atoms with Crippen LogP contribution in [-0.2, 0) is 0 Å². The topological polar surface area (TPSA) is 23.8 Å². The van der Waals surface area contributed by atoms with Crippen LogP contribution in [0, 0.1) is 22.0 Å². The summed E-state index contributed by atoms with van der Waals surface area (Å²) in [5.74, 6) is 0. The van der Waals surface area contributed by atoms with Gasteiger partial charge in [0.2, 0.25) is 0 Å². The van der Waals surface area contributed by atoms with Crippen molar-refractivity contribution in [2.24, 2.45) is 0 Å². The van der Waals surface area contributed by atoms with E-state index >= 15 is 0 Å². The van der Waals surface area contributed by atoms with Crippen LogP contribution in [0.25, 0.3) is 0 Å². The molecule has 11 heavy (non-hydrogen) atoms. The molecule has 0 heterocycles. The Hall–Kier alpha value is 0.900. The molecule has 0 spiro atoms. The lowest BCUT2D eigenvalue weighted by molar-refractivity contribution is 1.43. The highest BCUT2D eigenvalue weighted by Crippen LogP contribution is 2.21. The van der Waals surface area contributed by atoms with Crippen molar-refractivity contribution in [3.8, 4) is 6.07 Å². The Labute approximate surface area is 106 Å². The summed E-state index contributed by atoms with van der Waals surface area (Å²) >= 11 is 6.60. The van der Waals surface area contributed by atoms with Gasteiger partial charge in [-0.15, -0.1) is 0 Å². The Bertz CT molecular complexity index is 304. The van der Waals surface area contributed by atoms with Crippen molar-refractivity contribution < 1.29 is 0 Å². The van der Waals surface area contributed by atoms with Crippen LogP contribution in [0.3, 0.4) is 0 Å². The van der Waals surface area contributed by atoms with E-state index in [1.807, 2.05) is 12.1 Å². The summed E-state index contributed by atoms with van der Waals surface area (Å²) in [6.07, 6.45) is 0. The number of nitriles is 1. The van der Waals surface area contributed by atoms with E-state index in [-0.39, 0.29) is 0 Å². The van der Waals surface area contributed by atoms with Gasteiger partial charge in [0.1, 0.15) is 6.07 Å². The van der Waals surface area contributed by atoms with Crippen LogP contribution < -0.4 is 0 Å². The van der Waals surface area contributed by atoms with E-state index < -0.39 is 0 Å². The van der Waals surface area contributed by atoms with Gasteiger partial charge in [-0.1, -0.05) is 0 Å². The second-order valence-electron chi connectivity index (χ2n) is 1.86. The van der Waals surface area contributed by atoms with Crippen molar-refractivity contribution in [1.29, 1.82) is 5.26 Å². The zero-order valence-electron chi connectivity index (χ0n) is 5.24. The smallest absolute Gasteiger partial charge is 0.101 e. The predicted octanol–water partition coefficient (Wildman–Crippen LogP) is 3.37. The quantitative estimate of drug-likeness (QED) is 0.522. The molecule has 0 atom stereocenters. The molecular weight excluding hydrogens is 479 g/mol. The molecule has 0 amide bonds. The van der Waals surface area contributed by atoms with Crippen LogP contribution in [-0.4, -0.2) is 0 Å². The highest BCUT2D eigenvalue weighted by molar-refractivity contribution is 14.1. The van der Waals surface area contributed by atoms with Gasteiger partial charge < -0.3 is 0 Å². The number of hydrogen-bond donors (Lipinski definition) is 0. The van der Waals surface area contributed by atoms with Gasteiger partial charge in [-0.25, -0.2) is 0 Å². The second-order valence-corrected chi connectivity index (χ2v) is 5.43. The van der Waals surface area contributed by atoms with Crippen LogP contribution in [0.2, 0.25) is 0 Å². The van der Waals surface area contributed by atoms with Crippen LogP contribution >= 0.6 is 67.8 Å². The normalized spacial score (nSPS) is 9.27. The molecule has 0 N–H and O–H groups in total. The number of rotatable bonds is 0. The summed E-state index contributed by atoms with van der Waals surface area (Å²) in [5, 5.41) is 8.73. The average molecular weight is 481 g/mol. The second kappa shape index (κ2) is 4.23. The highest BCUT2D eigenvalue weighted by atomic mass is 127. The van der Waals surface area contributed by atoms with E-state index in [0.29, 0.717) is 0 Å². The first-order valence-electron chi connectivity index (χ1n) is 2.70. The van der Waals surface area contributed by atoms with E-state index in [9.17, 15) is 0 Å². The lowest BCUT2D eigenvalue weighted by atomic mass is 10.2. The molecule has 0 fully saturated rings. The Kier molecular flexibility index (Phi) is 3.84. The molecule has 0 bridgehead atoms. The van der Waals surface area contributed by atoms with Gasteiger partial charge in [0.15, 0.2) is 0 Å². The summed E-state index contributed by atoms with van der Waals surface area (Å²) in [6.45, 7) is 0. The Morgan fingerprint density at radius 1 is 1.09 bits per heavy atom. The minimum absolute atomic E-state index is 0.784. The van der Waals surface area contributed by atoms with Gasteiger partial charge in [0.25, 0.3) is 0 Å². The molecule has 1 nitrogen and oxygen atoms in total. The molecule has 1 rings (SSSR count). The summed E-state index contributed by atoms with van der Waals surface area (Å²) in [5.41, 5.74) is 0.784. The average Bonchev–Trinajstić information content (AvgIpc) is 1.85. The maximum absolute atomic E-state index is 8.73. The molecule has 1 aromatic rings. The summed E-state index contributed by atoms with van der Waals surface area (Å²) in [4.78, 5) is 0. The third kappa shape index (κ3) is 2.42. The molecule has 0 saturated heterocycles. The fourth-order valence-electron chi connectivity index (χ4n) is 0.649. The van der Waals surface area contributed by atoms with Crippen molar-refractivity contribution in [2.75, 3.05) is 0 Å². The maximum atomic E-state index is 8.73. The van der Waals surface area contributed by atoms with Gasteiger partial charge in [-0.3, -0.25) is 0 Å². The first-order valence-corrected chi connectivity index (χ1v) is 5.93. The van der Waals surface area contributed by atoms with Gasteiger partial charge >= 0.3 is 0 Å². The number of benzene rings is 1. The zero-order chi connectivity index (χ0) is 8.43. The number of hydrogen-bond acceptors (Lipinski definition) is 1. The van der Waals surface area contributed by atoms with E-state index in [2.05, 4.69) is 73.8 Å². The Morgan fingerprint density at radius 2 is 1.55 bits per heavy atom. The van der Waals surface area contributed by atoms with Crippen molar-refractivity contribution in [3.05, 3.63) is 28.4 Å². The van der Waals surface area contributed by atoms with E-state index in [4.69, 9.17) is 5.26 Å². The highest BCUT2D eigenvalue weighted by Gasteiger charge is 2.04. The van der Waals surface area contributed by atoms with Gasteiger partial charge in [-0.05, 0) is 79.9 Å². The van der Waals surface area contributed by atoms with E-state index in [1.165, 1.54) is 3.57 Å². The van der Waals surface area contributed by atoms with E-state index in [0.717, 1.165) is 12.7 Å². The standard InChI is InChI=1S/C7H2I3N/c8-4-1-6(9)5(3-11)7(10)2-4/h1-2H. The molecule has 0 radical (unpaired) electrons. The third-order valence-electron chi connectivity index (χ3n) is 1.12. The fourth-order valence-corrected chi connectivity index (χ4v) is 4.47. The van der Waals surface area contributed by atoms with Crippen LogP contribution in [0.1, 0.15) is 5.56 Å². The molecule has 0 aliphatic rings. The monoisotopic (exact) mass is 481 g/mol. The van der Waals surface area contributed by atoms with Crippen molar-refractivity contribution in [1.82, 2.24) is 0 Å². The van der Waals surface area contributed by atoms with Crippen molar-refractivity contribution >= 4 is 67.8 Å². The van der Waals surface area contributed by atoms with Gasteiger partial charge in [0, 0.05) is 10.7 Å². The Morgan fingerprint density at radius 3 is 1.91 bits per heavy atom. The minimum atomic E-state index is 0.784. The lowest BCUT2D eigenvalue weighted by Gasteiger charge is -1.98. The maximum Gasteiger partial charge on any atom is 0.101 e. The molecule has 0 saturated carbocycles. The first kappa shape index (κ1) is 9.98. The van der Waals surface area contributed by atoms with Gasteiger partial charge in [-0.2, -0.15) is 5.26 Å². The van der Waals surface area contributed by atoms with Crippen LogP contribution in [0.4, 0.5) is 0 Å². The molecule has 0 aliphatic carbocycles. The summed E-state index contributed by atoms with van der Waals surface area (Å²) in [7, 11) is 0. The first-order chi connectivity index (χ1) is 5.15. The molecule has 0 aromatic heterocycles. The van der Waals surface area contributed by atoms with Crippen LogP contribution in [0.5, 0.6) is 0 Å². The number of halogens is 3. The molecular formula is C7H2I3N. The zero-order valence-corrected chi connectivity index (χ0v) is 11.7. The van der Waals surface area contributed by atoms with Crippen molar-refractivity contribution in [3.63, 3.8) is 0 Å². The largest absolute Gasteiger partial charge is 0.192 e. The lowest BCUT2D eigenvalue weighted by Crippen LogP contribution is -1.87. The molecule has 0 unspecified atom stereocenters. The molecule has 1 aromatic carbocycles. The Balaban J connectivity index is 3.40. The molecule has 0 aliphatic heterocycles. The van der Waals surface area contributed by atoms with Crippen molar-refractivity contribution in [2.45, 2.75) is 0 Å². The molecule has 4 heteroatoms. The number of nitrogens with zero attached hydrogens (tertiary/aromatic N) is 1. The van der Waals surface area contributed by atoms with Gasteiger partial charge in [0.05, 0.1) is 5.56 Å². The third-order valence-corrected chi connectivity index (χ3v) is 3.44. The van der Waals surface area contributed by atoms with E-state index in [1.54, 1.807) is 0 Å². The molecule has 56 valence electrons. The fraction of sp³-hybridized carbons (Fsp3) is 0. The van der Waals surface area contributed by atoms with Crippen LogP contribution in [0.15, 0.2) is 12.1 Å². The SMILES string of the molecule is N#Cc1c(I)cc(I)cc1I. The summed E-state index contributed by atoms with van der Waals surface area (Å²) in [6, 6.07) is 6.18. The predicted molar refractivity (Wildman–Crippen MR) is 69.3 cm³/mol. The summed E-state index contributed by atoms with van der Waals surface area (Å²) < 4.78 is 3.23.